The van der Waals surface area contributed by atoms with Crippen LogP contribution in [-0.2, 0) is 0 Å². The number of hydrogen-bond donors (Lipinski definition) is 0. The highest BCUT2D eigenvalue weighted by Crippen LogP contribution is 2.26. The molecule has 5 rings (SSSR count). The Morgan fingerprint density at radius 2 is 1.89 bits per heavy atom. The lowest BCUT2D eigenvalue weighted by Gasteiger charge is -2.26. The van der Waals surface area contributed by atoms with Gasteiger partial charge in [0.1, 0.15) is 16.9 Å². The van der Waals surface area contributed by atoms with Gasteiger partial charge in [-0.05, 0) is 54.7 Å². The van der Waals surface area contributed by atoms with E-state index in [2.05, 4.69) is 9.97 Å². The SMILES string of the molecule is Cc1nc2cc(-c3ccc4ncc(C(=O)N5CCCCC5)n4c3)ccc2o1. The molecular weight excluding hydrogens is 340 g/mol. The van der Waals surface area contributed by atoms with Crippen molar-refractivity contribution in [2.24, 2.45) is 0 Å². The zero-order valence-electron chi connectivity index (χ0n) is 15.2. The molecule has 0 aliphatic carbocycles. The number of nitrogens with zero attached hydrogens (tertiary/aromatic N) is 4. The first-order chi connectivity index (χ1) is 13.2. The molecule has 4 aromatic rings. The van der Waals surface area contributed by atoms with Gasteiger partial charge in [0.25, 0.3) is 5.91 Å². The number of rotatable bonds is 2. The molecule has 1 aliphatic heterocycles. The average molecular weight is 360 g/mol. The fraction of sp³-hybridized carbons (Fsp3) is 0.286. The second kappa shape index (κ2) is 6.23. The van der Waals surface area contributed by atoms with Gasteiger partial charge in [0.05, 0.1) is 6.20 Å². The fourth-order valence-electron chi connectivity index (χ4n) is 3.79. The van der Waals surface area contributed by atoms with Crippen LogP contribution >= 0.6 is 0 Å². The van der Waals surface area contributed by atoms with Gasteiger partial charge in [-0.25, -0.2) is 9.97 Å². The number of piperidine rings is 1. The van der Waals surface area contributed by atoms with Crippen molar-refractivity contribution < 1.29 is 9.21 Å². The van der Waals surface area contributed by atoms with E-state index in [1.165, 1.54) is 6.42 Å². The van der Waals surface area contributed by atoms with E-state index < -0.39 is 0 Å². The van der Waals surface area contributed by atoms with Gasteiger partial charge < -0.3 is 9.32 Å². The Bertz CT molecular complexity index is 1150. The maximum atomic E-state index is 12.9. The van der Waals surface area contributed by atoms with Crippen molar-refractivity contribution in [2.75, 3.05) is 13.1 Å². The second-order valence-corrected chi connectivity index (χ2v) is 7.06. The Morgan fingerprint density at radius 3 is 2.74 bits per heavy atom. The number of aryl methyl sites for hydroxylation is 1. The zero-order valence-corrected chi connectivity index (χ0v) is 15.2. The van der Waals surface area contributed by atoms with Crippen molar-refractivity contribution in [3.05, 3.63) is 54.3 Å². The lowest BCUT2D eigenvalue weighted by molar-refractivity contribution is 0.0717. The van der Waals surface area contributed by atoms with Crippen molar-refractivity contribution in [2.45, 2.75) is 26.2 Å². The summed E-state index contributed by atoms with van der Waals surface area (Å²) in [6, 6.07) is 9.92. The molecule has 1 saturated heterocycles. The molecule has 0 atom stereocenters. The summed E-state index contributed by atoms with van der Waals surface area (Å²) in [5.41, 5.74) is 5.05. The lowest BCUT2D eigenvalue weighted by Crippen LogP contribution is -2.36. The van der Waals surface area contributed by atoms with Gasteiger partial charge in [-0.3, -0.25) is 9.20 Å². The predicted octanol–water partition coefficient (Wildman–Crippen LogP) is 4.08. The summed E-state index contributed by atoms with van der Waals surface area (Å²) in [5, 5.41) is 0. The molecule has 0 bridgehead atoms. The topological polar surface area (TPSA) is 63.6 Å². The van der Waals surface area contributed by atoms with E-state index >= 15 is 0 Å². The molecule has 3 aromatic heterocycles. The molecule has 1 amide bonds. The molecule has 6 nitrogen and oxygen atoms in total. The Kier molecular flexibility index (Phi) is 3.70. The molecule has 0 radical (unpaired) electrons. The van der Waals surface area contributed by atoms with Crippen LogP contribution in [0.2, 0.25) is 0 Å². The molecule has 0 N–H and O–H groups in total. The summed E-state index contributed by atoms with van der Waals surface area (Å²) >= 11 is 0. The predicted molar refractivity (Wildman–Crippen MR) is 103 cm³/mol. The van der Waals surface area contributed by atoms with Crippen LogP contribution in [0, 0.1) is 6.92 Å². The maximum Gasteiger partial charge on any atom is 0.272 e. The standard InChI is InChI=1S/C21H20N4O2/c1-14-23-17-11-15(5-7-19(17)27-14)16-6-8-20-22-12-18(25(20)13-16)21(26)24-9-3-2-4-10-24/h5-8,11-13H,2-4,9-10H2,1H3. The van der Waals surface area contributed by atoms with Crippen LogP contribution in [0.1, 0.15) is 35.6 Å². The van der Waals surface area contributed by atoms with E-state index in [1.54, 1.807) is 6.20 Å². The molecule has 1 fully saturated rings. The van der Waals surface area contributed by atoms with Gasteiger partial charge in [0.15, 0.2) is 11.5 Å². The number of carbonyl (C=O) groups is 1. The van der Waals surface area contributed by atoms with E-state index in [0.717, 1.165) is 53.8 Å². The highest BCUT2D eigenvalue weighted by atomic mass is 16.3. The zero-order chi connectivity index (χ0) is 18.4. The summed E-state index contributed by atoms with van der Waals surface area (Å²) in [4.78, 5) is 23.7. The Labute approximate surface area is 156 Å². The number of pyridine rings is 1. The summed E-state index contributed by atoms with van der Waals surface area (Å²) in [7, 11) is 0. The first kappa shape index (κ1) is 16.1. The van der Waals surface area contributed by atoms with E-state index in [-0.39, 0.29) is 5.91 Å². The first-order valence-corrected chi connectivity index (χ1v) is 9.33. The largest absolute Gasteiger partial charge is 0.441 e. The third kappa shape index (κ3) is 2.77. The molecule has 4 heterocycles. The van der Waals surface area contributed by atoms with Crippen molar-refractivity contribution in [3.8, 4) is 11.1 Å². The molecule has 0 spiro atoms. The number of aromatic nitrogens is 3. The molecule has 6 heteroatoms. The van der Waals surface area contributed by atoms with Crippen molar-refractivity contribution >= 4 is 22.7 Å². The van der Waals surface area contributed by atoms with Crippen LogP contribution < -0.4 is 0 Å². The quantitative estimate of drug-likeness (QED) is 0.540. The number of hydrogen-bond acceptors (Lipinski definition) is 4. The smallest absolute Gasteiger partial charge is 0.272 e. The second-order valence-electron chi connectivity index (χ2n) is 7.06. The van der Waals surface area contributed by atoms with Crippen LogP contribution in [0.25, 0.3) is 27.9 Å². The Balaban J connectivity index is 1.56. The number of imidazole rings is 1. The molecule has 0 unspecified atom stereocenters. The maximum absolute atomic E-state index is 12.9. The van der Waals surface area contributed by atoms with Crippen LogP contribution in [0.3, 0.4) is 0 Å². The van der Waals surface area contributed by atoms with E-state index in [0.29, 0.717) is 11.6 Å². The summed E-state index contributed by atoms with van der Waals surface area (Å²) in [6.07, 6.45) is 7.01. The number of carbonyl (C=O) groups excluding carboxylic acids is 1. The molecule has 27 heavy (non-hydrogen) atoms. The number of oxazole rings is 1. The van der Waals surface area contributed by atoms with E-state index in [4.69, 9.17) is 4.42 Å². The molecular formula is C21H20N4O2. The van der Waals surface area contributed by atoms with Gasteiger partial charge in [0, 0.05) is 26.2 Å². The number of likely N-dealkylation sites (tertiary alicyclic amines) is 1. The average Bonchev–Trinajstić information content (AvgIpc) is 3.29. The van der Waals surface area contributed by atoms with Gasteiger partial charge in [-0.2, -0.15) is 0 Å². The molecule has 1 aromatic carbocycles. The summed E-state index contributed by atoms with van der Waals surface area (Å²) in [6.45, 7) is 3.50. The van der Waals surface area contributed by atoms with Crippen molar-refractivity contribution in [3.63, 3.8) is 0 Å². The van der Waals surface area contributed by atoms with Crippen LogP contribution in [0.15, 0.2) is 47.1 Å². The van der Waals surface area contributed by atoms with Crippen LogP contribution in [0.4, 0.5) is 0 Å². The molecule has 0 saturated carbocycles. The van der Waals surface area contributed by atoms with Crippen LogP contribution in [0.5, 0.6) is 0 Å². The monoisotopic (exact) mass is 360 g/mol. The minimum absolute atomic E-state index is 0.0573. The summed E-state index contributed by atoms with van der Waals surface area (Å²) < 4.78 is 7.45. The highest BCUT2D eigenvalue weighted by molar-refractivity contribution is 5.93. The number of fused-ring (bicyclic) bond motifs is 2. The molecule has 136 valence electrons. The van der Waals surface area contributed by atoms with Crippen molar-refractivity contribution in [1.82, 2.24) is 19.3 Å². The van der Waals surface area contributed by atoms with Gasteiger partial charge in [-0.15, -0.1) is 0 Å². The minimum Gasteiger partial charge on any atom is -0.441 e. The third-order valence-electron chi connectivity index (χ3n) is 5.20. The van der Waals surface area contributed by atoms with Crippen molar-refractivity contribution in [1.29, 1.82) is 0 Å². The number of amides is 1. The van der Waals surface area contributed by atoms with Gasteiger partial charge >= 0.3 is 0 Å². The van der Waals surface area contributed by atoms with Crippen LogP contribution in [-0.4, -0.2) is 38.3 Å². The van der Waals surface area contributed by atoms with Gasteiger partial charge in [-0.1, -0.05) is 6.07 Å². The third-order valence-corrected chi connectivity index (χ3v) is 5.20. The van der Waals surface area contributed by atoms with E-state index in [1.807, 2.05) is 52.8 Å². The fourth-order valence-corrected chi connectivity index (χ4v) is 3.79. The highest BCUT2D eigenvalue weighted by Gasteiger charge is 2.21. The first-order valence-electron chi connectivity index (χ1n) is 9.33. The van der Waals surface area contributed by atoms with Gasteiger partial charge in [0.2, 0.25) is 0 Å². The molecule has 1 aliphatic rings. The number of benzene rings is 1. The minimum atomic E-state index is 0.0573. The Hall–Kier alpha value is -3.15. The normalized spacial score (nSPS) is 14.9. The van der Waals surface area contributed by atoms with E-state index in [9.17, 15) is 4.79 Å². The lowest BCUT2D eigenvalue weighted by atomic mass is 10.1. The summed E-state index contributed by atoms with van der Waals surface area (Å²) in [5.74, 6) is 0.712. The Morgan fingerprint density at radius 1 is 1.07 bits per heavy atom.